The van der Waals surface area contributed by atoms with E-state index in [1.54, 1.807) is 18.2 Å². The molecule has 0 spiro atoms. The number of fused-ring (bicyclic) bond motifs is 1. The first-order valence-electron chi connectivity index (χ1n) is 8.67. The van der Waals surface area contributed by atoms with Gasteiger partial charge in [0.2, 0.25) is 5.88 Å². The fourth-order valence-electron chi connectivity index (χ4n) is 2.85. The van der Waals surface area contributed by atoms with Gasteiger partial charge in [-0.1, -0.05) is 31.2 Å². The van der Waals surface area contributed by atoms with Crippen molar-refractivity contribution < 1.29 is 22.7 Å². The van der Waals surface area contributed by atoms with Gasteiger partial charge < -0.3 is 20.8 Å². The van der Waals surface area contributed by atoms with Gasteiger partial charge in [0.05, 0.1) is 16.9 Å². The van der Waals surface area contributed by atoms with Crippen LogP contribution in [0.5, 0.6) is 5.88 Å². The number of para-hydroxylation sites is 1. The number of ether oxygens (including phenoxy) is 1. The standard InChI is InChI=1S/C19H17F3N4O3/c1-2-9-24-17(27)14-15(23)11-6-3-5-10(16(11)26-18(14)28)12-7-4-8-13(25-12)29-19(20,21)22/h3-8H,2,9H2,1H3,(H,24,27)(H3,23,26,28). The smallest absolute Gasteiger partial charge is 0.397 e. The molecule has 10 heteroatoms. The molecule has 1 amide bonds. The molecule has 0 atom stereocenters. The molecule has 0 aliphatic heterocycles. The molecule has 0 saturated carbocycles. The van der Waals surface area contributed by atoms with Crippen molar-refractivity contribution in [1.82, 2.24) is 15.3 Å². The van der Waals surface area contributed by atoms with Gasteiger partial charge in [0, 0.05) is 23.6 Å². The number of pyridine rings is 2. The van der Waals surface area contributed by atoms with Gasteiger partial charge in [-0.2, -0.15) is 0 Å². The molecule has 0 radical (unpaired) electrons. The Morgan fingerprint density at radius 2 is 1.97 bits per heavy atom. The average molecular weight is 406 g/mol. The van der Waals surface area contributed by atoms with Crippen LogP contribution in [0.2, 0.25) is 0 Å². The van der Waals surface area contributed by atoms with E-state index in [9.17, 15) is 22.8 Å². The number of rotatable bonds is 5. The van der Waals surface area contributed by atoms with Crippen molar-refractivity contribution in [2.75, 3.05) is 12.3 Å². The monoisotopic (exact) mass is 406 g/mol. The fourth-order valence-corrected chi connectivity index (χ4v) is 2.85. The molecule has 0 unspecified atom stereocenters. The number of halogens is 3. The number of H-pyrrole nitrogens is 1. The van der Waals surface area contributed by atoms with Crippen molar-refractivity contribution >= 4 is 22.5 Å². The Kier molecular flexibility index (Phi) is 5.44. The lowest BCUT2D eigenvalue weighted by Crippen LogP contribution is -2.31. The van der Waals surface area contributed by atoms with Crippen molar-refractivity contribution in [3.63, 3.8) is 0 Å². The number of alkyl halides is 3. The second-order valence-corrected chi connectivity index (χ2v) is 6.14. The van der Waals surface area contributed by atoms with Crippen molar-refractivity contribution in [3.05, 3.63) is 52.3 Å². The molecule has 152 valence electrons. The predicted octanol–water partition coefficient (Wildman–Crippen LogP) is 3.21. The minimum absolute atomic E-state index is 0.0260. The summed E-state index contributed by atoms with van der Waals surface area (Å²) in [6.45, 7) is 2.25. The second-order valence-electron chi connectivity index (χ2n) is 6.14. The Morgan fingerprint density at radius 3 is 2.66 bits per heavy atom. The Balaban J connectivity index is 2.13. The third kappa shape index (κ3) is 4.31. The maximum absolute atomic E-state index is 12.5. The third-order valence-electron chi connectivity index (χ3n) is 4.07. The minimum Gasteiger partial charge on any atom is -0.397 e. The van der Waals surface area contributed by atoms with Crippen LogP contribution in [-0.4, -0.2) is 28.8 Å². The molecule has 3 aromatic rings. The van der Waals surface area contributed by atoms with Gasteiger partial charge in [0.1, 0.15) is 5.56 Å². The first-order valence-corrected chi connectivity index (χ1v) is 8.67. The predicted molar refractivity (Wildman–Crippen MR) is 102 cm³/mol. The summed E-state index contributed by atoms with van der Waals surface area (Å²) in [5.41, 5.74) is 5.84. The summed E-state index contributed by atoms with van der Waals surface area (Å²) in [6.07, 6.45) is -4.20. The number of anilines is 1. The molecule has 0 aliphatic carbocycles. The number of aromatic amines is 1. The fraction of sp³-hybridized carbons (Fsp3) is 0.211. The highest BCUT2D eigenvalue weighted by Crippen LogP contribution is 2.31. The summed E-state index contributed by atoms with van der Waals surface area (Å²) in [5, 5.41) is 2.96. The Hall–Kier alpha value is -3.56. The van der Waals surface area contributed by atoms with E-state index in [2.05, 4.69) is 20.0 Å². The number of hydrogen-bond donors (Lipinski definition) is 3. The summed E-state index contributed by atoms with van der Waals surface area (Å²) in [6, 6.07) is 8.63. The number of carbonyl (C=O) groups is 1. The summed E-state index contributed by atoms with van der Waals surface area (Å²) < 4.78 is 41.3. The maximum Gasteiger partial charge on any atom is 0.574 e. The Morgan fingerprint density at radius 1 is 1.24 bits per heavy atom. The van der Waals surface area contributed by atoms with Gasteiger partial charge in [-0.15, -0.1) is 13.2 Å². The molecule has 3 rings (SSSR count). The zero-order valence-electron chi connectivity index (χ0n) is 15.3. The maximum atomic E-state index is 12.5. The van der Waals surface area contributed by atoms with Crippen LogP contribution >= 0.6 is 0 Å². The lowest BCUT2D eigenvalue weighted by Gasteiger charge is -2.13. The SMILES string of the molecule is CCCNC(=O)c1c(N)c2cccc(-c3cccc(OC(F)(F)F)n3)c2[nH]c1=O. The molecule has 4 N–H and O–H groups in total. The average Bonchev–Trinajstić information content (AvgIpc) is 2.65. The van der Waals surface area contributed by atoms with Crippen LogP contribution in [0.3, 0.4) is 0 Å². The van der Waals surface area contributed by atoms with E-state index >= 15 is 0 Å². The van der Waals surface area contributed by atoms with Crippen LogP contribution in [0, 0.1) is 0 Å². The Bertz CT molecular complexity index is 1130. The number of nitrogens with zero attached hydrogens (tertiary/aromatic N) is 1. The molecule has 7 nitrogen and oxygen atoms in total. The number of nitrogens with two attached hydrogens (primary N) is 1. The van der Waals surface area contributed by atoms with E-state index < -0.39 is 23.7 Å². The van der Waals surface area contributed by atoms with Crippen LogP contribution < -0.4 is 21.3 Å². The van der Waals surface area contributed by atoms with Crippen molar-refractivity contribution in [2.45, 2.75) is 19.7 Å². The summed E-state index contributed by atoms with van der Waals surface area (Å²) in [7, 11) is 0. The van der Waals surface area contributed by atoms with Crippen LogP contribution in [0.15, 0.2) is 41.2 Å². The van der Waals surface area contributed by atoms with Gasteiger partial charge in [0.15, 0.2) is 0 Å². The molecular weight excluding hydrogens is 389 g/mol. The van der Waals surface area contributed by atoms with Crippen molar-refractivity contribution in [1.29, 1.82) is 0 Å². The molecule has 1 aromatic carbocycles. The number of hydrogen-bond acceptors (Lipinski definition) is 5. The van der Waals surface area contributed by atoms with E-state index in [-0.39, 0.29) is 22.5 Å². The number of carbonyl (C=O) groups excluding carboxylic acids is 1. The summed E-state index contributed by atoms with van der Waals surface area (Å²) >= 11 is 0. The molecule has 0 fully saturated rings. The van der Waals surface area contributed by atoms with E-state index in [1.807, 2.05) is 6.92 Å². The summed E-state index contributed by atoms with van der Waals surface area (Å²) in [5.74, 6) is -1.24. The number of amides is 1. The topological polar surface area (TPSA) is 110 Å². The molecular formula is C19H17F3N4O3. The normalized spacial score (nSPS) is 11.4. The highest BCUT2D eigenvalue weighted by atomic mass is 19.4. The van der Waals surface area contributed by atoms with Gasteiger partial charge in [-0.05, 0) is 12.5 Å². The first kappa shape index (κ1) is 20.2. The molecule has 0 aliphatic rings. The van der Waals surface area contributed by atoms with Crippen LogP contribution in [0.1, 0.15) is 23.7 Å². The quantitative estimate of drug-likeness (QED) is 0.603. The Labute approximate surface area is 162 Å². The molecule has 2 aromatic heterocycles. The van der Waals surface area contributed by atoms with E-state index in [0.29, 0.717) is 23.9 Å². The molecule has 0 bridgehead atoms. The molecule has 29 heavy (non-hydrogen) atoms. The van der Waals surface area contributed by atoms with E-state index in [1.165, 1.54) is 12.1 Å². The van der Waals surface area contributed by atoms with E-state index in [4.69, 9.17) is 5.73 Å². The first-order chi connectivity index (χ1) is 13.7. The van der Waals surface area contributed by atoms with Crippen LogP contribution in [0.4, 0.5) is 18.9 Å². The third-order valence-corrected chi connectivity index (χ3v) is 4.07. The number of benzene rings is 1. The van der Waals surface area contributed by atoms with Crippen LogP contribution in [-0.2, 0) is 0 Å². The minimum atomic E-state index is -4.89. The van der Waals surface area contributed by atoms with Crippen molar-refractivity contribution in [2.24, 2.45) is 0 Å². The van der Waals surface area contributed by atoms with Gasteiger partial charge in [-0.3, -0.25) is 9.59 Å². The summed E-state index contributed by atoms with van der Waals surface area (Å²) in [4.78, 5) is 31.2. The number of aromatic nitrogens is 2. The zero-order chi connectivity index (χ0) is 21.2. The van der Waals surface area contributed by atoms with Crippen LogP contribution in [0.25, 0.3) is 22.2 Å². The van der Waals surface area contributed by atoms with E-state index in [0.717, 1.165) is 6.07 Å². The highest BCUT2D eigenvalue weighted by molar-refractivity contribution is 6.08. The lowest BCUT2D eigenvalue weighted by molar-refractivity contribution is -0.276. The highest BCUT2D eigenvalue weighted by Gasteiger charge is 2.32. The van der Waals surface area contributed by atoms with Crippen molar-refractivity contribution in [3.8, 4) is 17.1 Å². The molecule has 2 heterocycles. The van der Waals surface area contributed by atoms with Gasteiger partial charge >= 0.3 is 6.36 Å². The number of nitrogen functional groups attached to an aromatic ring is 1. The van der Waals surface area contributed by atoms with Gasteiger partial charge in [0.25, 0.3) is 11.5 Å². The number of nitrogens with one attached hydrogen (secondary N) is 2. The largest absolute Gasteiger partial charge is 0.574 e. The zero-order valence-corrected chi connectivity index (χ0v) is 15.3. The second kappa shape index (κ2) is 7.82. The molecule has 0 saturated heterocycles. The van der Waals surface area contributed by atoms with Gasteiger partial charge in [-0.25, -0.2) is 4.98 Å². The lowest BCUT2D eigenvalue weighted by atomic mass is 10.0.